The first-order valence-electron chi connectivity index (χ1n) is 4.84. The Bertz CT molecular complexity index is 257. The van der Waals surface area contributed by atoms with Crippen LogP contribution in [0.1, 0.15) is 35.3 Å². The standard InChI is InChI=1S/C10H17NOS/c1-3-5-10-11-8(2)9(13-10)6-4-7-12/h12H,3-7H2,1-2H3. The largest absolute Gasteiger partial charge is 0.396 e. The number of hydrogen-bond donors (Lipinski definition) is 1. The Morgan fingerprint density at radius 2 is 2.15 bits per heavy atom. The third-order valence-electron chi connectivity index (χ3n) is 1.96. The van der Waals surface area contributed by atoms with Crippen LogP contribution in [0, 0.1) is 6.92 Å². The lowest BCUT2D eigenvalue weighted by Gasteiger charge is -1.93. The highest BCUT2D eigenvalue weighted by Crippen LogP contribution is 2.20. The maximum absolute atomic E-state index is 8.71. The Kier molecular flexibility index (Phi) is 4.39. The molecule has 0 fully saturated rings. The molecule has 1 rings (SSSR count). The van der Waals surface area contributed by atoms with Gasteiger partial charge in [-0.05, 0) is 32.6 Å². The smallest absolute Gasteiger partial charge is 0.0930 e. The van der Waals surface area contributed by atoms with Crippen LogP contribution in [0.5, 0.6) is 0 Å². The molecular weight excluding hydrogens is 182 g/mol. The molecule has 0 radical (unpaired) electrons. The van der Waals surface area contributed by atoms with Gasteiger partial charge in [0.15, 0.2) is 0 Å². The van der Waals surface area contributed by atoms with E-state index in [-0.39, 0.29) is 6.61 Å². The third kappa shape index (κ3) is 3.08. The van der Waals surface area contributed by atoms with E-state index >= 15 is 0 Å². The van der Waals surface area contributed by atoms with Crippen molar-refractivity contribution in [3.05, 3.63) is 15.6 Å². The van der Waals surface area contributed by atoms with E-state index in [1.165, 1.54) is 9.88 Å². The van der Waals surface area contributed by atoms with Crippen molar-refractivity contribution >= 4 is 11.3 Å². The fourth-order valence-corrected chi connectivity index (χ4v) is 2.49. The summed E-state index contributed by atoms with van der Waals surface area (Å²) in [5.41, 5.74) is 1.15. The highest BCUT2D eigenvalue weighted by Gasteiger charge is 2.05. The maximum Gasteiger partial charge on any atom is 0.0930 e. The lowest BCUT2D eigenvalue weighted by Crippen LogP contribution is -1.88. The second kappa shape index (κ2) is 5.35. The van der Waals surface area contributed by atoms with Crippen molar-refractivity contribution < 1.29 is 5.11 Å². The molecule has 13 heavy (non-hydrogen) atoms. The van der Waals surface area contributed by atoms with E-state index in [4.69, 9.17) is 5.11 Å². The Morgan fingerprint density at radius 1 is 1.38 bits per heavy atom. The monoisotopic (exact) mass is 199 g/mol. The molecule has 0 amide bonds. The summed E-state index contributed by atoms with van der Waals surface area (Å²) >= 11 is 1.80. The molecule has 74 valence electrons. The van der Waals surface area contributed by atoms with Gasteiger partial charge in [0.2, 0.25) is 0 Å². The summed E-state index contributed by atoms with van der Waals surface area (Å²) in [4.78, 5) is 5.84. The normalized spacial score (nSPS) is 10.7. The Hall–Kier alpha value is -0.410. The molecule has 0 aliphatic rings. The molecule has 0 atom stereocenters. The molecule has 0 unspecified atom stereocenters. The zero-order valence-corrected chi connectivity index (χ0v) is 9.15. The minimum atomic E-state index is 0.278. The van der Waals surface area contributed by atoms with Crippen molar-refractivity contribution in [2.75, 3.05) is 6.61 Å². The average molecular weight is 199 g/mol. The minimum Gasteiger partial charge on any atom is -0.396 e. The number of aromatic nitrogens is 1. The minimum absolute atomic E-state index is 0.278. The quantitative estimate of drug-likeness (QED) is 0.789. The number of aliphatic hydroxyl groups excluding tert-OH is 1. The second-order valence-corrected chi connectivity index (χ2v) is 4.36. The highest BCUT2D eigenvalue weighted by molar-refractivity contribution is 7.11. The fraction of sp³-hybridized carbons (Fsp3) is 0.700. The van der Waals surface area contributed by atoms with Crippen molar-refractivity contribution in [1.82, 2.24) is 4.98 Å². The first-order valence-corrected chi connectivity index (χ1v) is 5.65. The van der Waals surface area contributed by atoms with E-state index in [9.17, 15) is 0 Å². The van der Waals surface area contributed by atoms with E-state index in [0.29, 0.717) is 0 Å². The summed E-state index contributed by atoms with van der Waals surface area (Å²) in [6.45, 7) is 4.51. The number of nitrogens with zero attached hydrogens (tertiary/aromatic N) is 1. The van der Waals surface area contributed by atoms with Crippen molar-refractivity contribution in [2.24, 2.45) is 0 Å². The molecule has 1 N–H and O–H groups in total. The first kappa shape index (κ1) is 10.7. The van der Waals surface area contributed by atoms with Crippen LogP contribution in [0.25, 0.3) is 0 Å². The Labute approximate surface area is 83.6 Å². The lowest BCUT2D eigenvalue weighted by atomic mass is 10.2. The van der Waals surface area contributed by atoms with Crippen molar-refractivity contribution in [3.8, 4) is 0 Å². The molecule has 0 saturated heterocycles. The number of hydrogen-bond acceptors (Lipinski definition) is 3. The van der Waals surface area contributed by atoms with Gasteiger partial charge in [0.05, 0.1) is 10.7 Å². The third-order valence-corrected chi connectivity index (χ3v) is 3.24. The molecular formula is C10H17NOS. The van der Waals surface area contributed by atoms with Crippen molar-refractivity contribution in [3.63, 3.8) is 0 Å². The Morgan fingerprint density at radius 3 is 2.77 bits per heavy atom. The molecule has 0 bridgehead atoms. The summed E-state index contributed by atoms with van der Waals surface area (Å²) < 4.78 is 0. The van der Waals surface area contributed by atoms with Gasteiger partial charge in [-0.25, -0.2) is 4.98 Å². The average Bonchev–Trinajstić information content (AvgIpc) is 2.44. The van der Waals surface area contributed by atoms with Gasteiger partial charge < -0.3 is 5.11 Å². The zero-order chi connectivity index (χ0) is 9.68. The van der Waals surface area contributed by atoms with Gasteiger partial charge >= 0.3 is 0 Å². The van der Waals surface area contributed by atoms with Crippen LogP contribution in [-0.2, 0) is 12.8 Å². The highest BCUT2D eigenvalue weighted by atomic mass is 32.1. The summed E-state index contributed by atoms with van der Waals surface area (Å²) in [7, 11) is 0. The predicted octanol–water partition coefficient (Wildman–Crippen LogP) is 2.33. The van der Waals surface area contributed by atoms with E-state index in [1.54, 1.807) is 11.3 Å². The van der Waals surface area contributed by atoms with E-state index in [2.05, 4.69) is 18.8 Å². The number of aliphatic hydroxyl groups is 1. The maximum atomic E-state index is 8.71. The van der Waals surface area contributed by atoms with Crippen LogP contribution < -0.4 is 0 Å². The van der Waals surface area contributed by atoms with Gasteiger partial charge in [0, 0.05) is 11.5 Å². The topological polar surface area (TPSA) is 33.1 Å². The molecule has 0 saturated carbocycles. The van der Waals surface area contributed by atoms with Crippen LogP contribution in [0.15, 0.2) is 0 Å². The summed E-state index contributed by atoms with van der Waals surface area (Å²) in [5.74, 6) is 0. The van der Waals surface area contributed by atoms with Crippen LogP contribution in [-0.4, -0.2) is 16.7 Å². The van der Waals surface area contributed by atoms with Crippen LogP contribution >= 0.6 is 11.3 Å². The second-order valence-electron chi connectivity index (χ2n) is 3.19. The zero-order valence-electron chi connectivity index (χ0n) is 8.34. The van der Waals surface area contributed by atoms with Gasteiger partial charge in [-0.2, -0.15) is 0 Å². The van der Waals surface area contributed by atoms with E-state index < -0.39 is 0 Å². The molecule has 0 aromatic carbocycles. The van der Waals surface area contributed by atoms with Gasteiger partial charge in [-0.15, -0.1) is 11.3 Å². The number of thiazole rings is 1. The molecule has 0 spiro atoms. The summed E-state index contributed by atoms with van der Waals surface area (Å²) in [6.07, 6.45) is 4.08. The predicted molar refractivity (Wildman–Crippen MR) is 56.3 cm³/mol. The molecule has 1 heterocycles. The summed E-state index contributed by atoms with van der Waals surface area (Å²) in [5, 5.41) is 9.96. The molecule has 2 nitrogen and oxygen atoms in total. The van der Waals surface area contributed by atoms with Crippen LogP contribution in [0.4, 0.5) is 0 Å². The van der Waals surface area contributed by atoms with Gasteiger partial charge in [-0.3, -0.25) is 0 Å². The van der Waals surface area contributed by atoms with Crippen LogP contribution in [0.3, 0.4) is 0 Å². The molecule has 1 aromatic heterocycles. The van der Waals surface area contributed by atoms with Crippen molar-refractivity contribution in [1.29, 1.82) is 0 Å². The number of rotatable bonds is 5. The lowest BCUT2D eigenvalue weighted by molar-refractivity contribution is 0.289. The first-order chi connectivity index (χ1) is 6.27. The van der Waals surface area contributed by atoms with Gasteiger partial charge in [-0.1, -0.05) is 6.92 Å². The fourth-order valence-electron chi connectivity index (χ4n) is 1.28. The summed E-state index contributed by atoms with van der Waals surface area (Å²) in [6, 6.07) is 0. The van der Waals surface area contributed by atoms with Gasteiger partial charge in [0.25, 0.3) is 0 Å². The number of aryl methyl sites for hydroxylation is 3. The molecule has 0 aliphatic heterocycles. The molecule has 0 aliphatic carbocycles. The van der Waals surface area contributed by atoms with Crippen molar-refractivity contribution in [2.45, 2.75) is 39.5 Å². The van der Waals surface area contributed by atoms with E-state index in [0.717, 1.165) is 31.4 Å². The Balaban J connectivity index is 2.60. The molecule has 3 heteroatoms. The van der Waals surface area contributed by atoms with E-state index in [1.807, 2.05) is 0 Å². The SMILES string of the molecule is CCCc1nc(C)c(CCCO)s1. The molecule has 1 aromatic rings. The van der Waals surface area contributed by atoms with Gasteiger partial charge in [0.1, 0.15) is 0 Å². The van der Waals surface area contributed by atoms with Crippen LogP contribution in [0.2, 0.25) is 0 Å².